The largest absolute Gasteiger partial charge is 0.573 e. The van der Waals surface area contributed by atoms with Gasteiger partial charge in [-0.1, -0.05) is 12.1 Å². The average molecular weight is 489 g/mol. The zero-order valence-corrected chi connectivity index (χ0v) is 16.8. The second-order valence-corrected chi connectivity index (χ2v) is 6.81. The zero-order valence-electron chi connectivity index (χ0n) is 16.8. The van der Waals surface area contributed by atoms with Crippen LogP contribution in [0.15, 0.2) is 54.6 Å². The van der Waals surface area contributed by atoms with Crippen LogP contribution in [0.5, 0.6) is 5.75 Å². The highest BCUT2D eigenvalue weighted by Gasteiger charge is 2.38. The monoisotopic (exact) mass is 489 g/mol. The summed E-state index contributed by atoms with van der Waals surface area (Å²) in [4.78, 5) is 20.6. The summed E-state index contributed by atoms with van der Waals surface area (Å²) in [5.74, 6) is -2.44. The summed E-state index contributed by atoms with van der Waals surface area (Å²) in [5, 5.41) is 11.0. The van der Waals surface area contributed by atoms with Gasteiger partial charge in [0.2, 0.25) is 0 Å². The predicted molar refractivity (Wildman–Crippen MR) is 104 cm³/mol. The number of ether oxygens (including phenoxy) is 1. The third-order valence-electron chi connectivity index (χ3n) is 4.26. The molecular weight excluding hydrogens is 475 g/mol. The van der Waals surface area contributed by atoms with E-state index in [0.717, 1.165) is 30.3 Å². The first-order valence-electron chi connectivity index (χ1n) is 9.36. The first kappa shape index (κ1) is 24.9. The van der Waals surface area contributed by atoms with E-state index < -0.39 is 48.4 Å². The van der Waals surface area contributed by atoms with Crippen LogP contribution >= 0.6 is 0 Å². The maximum Gasteiger partial charge on any atom is 0.573 e. The van der Waals surface area contributed by atoms with Crippen molar-refractivity contribution in [2.75, 3.05) is 6.54 Å². The Morgan fingerprint density at radius 3 is 2.24 bits per heavy atom. The first-order valence-corrected chi connectivity index (χ1v) is 9.36. The van der Waals surface area contributed by atoms with Crippen molar-refractivity contribution in [3.05, 3.63) is 66.1 Å². The van der Waals surface area contributed by atoms with Gasteiger partial charge in [0.15, 0.2) is 11.9 Å². The normalized spacial score (nSPS) is 12.8. The number of amides is 1. The molecule has 0 fully saturated rings. The van der Waals surface area contributed by atoms with Gasteiger partial charge in [0.25, 0.3) is 5.91 Å². The molecule has 0 aliphatic carbocycles. The highest BCUT2D eigenvalue weighted by Crippen LogP contribution is 2.28. The van der Waals surface area contributed by atoms with E-state index in [1.807, 2.05) is 5.32 Å². The molecule has 1 atom stereocenters. The van der Waals surface area contributed by atoms with E-state index in [-0.39, 0.29) is 22.6 Å². The van der Waals surface area contributed by atoms with Crippen LogP contribution in [0.25, 0.3) is 22.6 Å². The van der Waals surface area contributed by atoms with Crippen LogP contribution in [0, 0.1) is 5.82 Å². The minimum Gasteiger partial charge on any atom is -0.406 e. The molecule has 1 heterocycles. The predicted octanol–water partition coefficient (Wildman–Crippen LogP) is 4.50. The summed E-state index contributed by atoms with van der Waals surface area (Å²) in [5.41, 5.74) is -0.0780. The summed E-state index contributed by atoms with van der Waals surface area (Å²) in [7, 11) is 0. The topological polar surface area (TPSA) is 84.3 Å². The number of hydrogen-bond donors (Lipinski definition) is 2. The van der Waals surface area contributed by atoms with Gasteiger partial charge in [0.05, 0.1) is 12.2 Å². The number of carbonyl (C=O) groups excluding carboxylic acids is 1. The Labute approximate surface area is 187 Å². The Balaban J connectivity index is 1.97. The Hall–Kier alpha value is -3.74. The molecule has 0 unspecified atom stereocenters. The number of alkyl halides is 6. The van der Waals surface area contributed by atoms with E-state index in [2.05, 4.69) is 14.7 Å². The van der Waals surface area contributed by atoms with Gasteiger partial charge < -0.3 is 15.2 Å². The lowest BCUT2D eigenvalue weighted by atomic mass is 10.1. The van der Waals surface area contributed by atoms with E-state index in [1.165, 1.54) is 24.3 Å². The van der Waals surface area contributed by atoms with Crippen molar-refractivity contribution in [2.45, 2.75) is 18.6 Å². The lowest BCUT2D eigenvalue weighted by Crippen LogP contribution is -2.40. The smallest absolute Gasteiger partial charge is 0.406 e. The molecule has 3 aromatic rings. The average Bonchev–Trinajstić information content (AvgIpc) is 2.75. The molecule has 6 nitrogen and oxygen atoms in total. The van der Waals surface area contributed by atoms with Gasteiger partial charge >= 0.3 is 12.5 Å². The lowest BCUT2D eigenvalue weighted by molar-refractivity contribution is -0.274. The fraction of sp³-hybridized carbons (Fsp3) is 0.190. The molecule has 0 saturated carbocycles. The second kappa shape index (κ2) is 9.63. The van der Waals surface area contributed by atoms with Crippen LogP contribution in [0.2, 0.25) is 0 Å². The molecule has 0 bridgehead atoms. The molecule has 0 aliphatic rings. The first-order chi connectivity index (χ1) is 15.8. The highest BCUT2D eigenvalue weighted by atomic mass is 19.4. The number of hydrogen-bond acceptors (Lipinski definition) is 5. The van der Waals surface area contributed by atoms with E-state index in [1.54, 1.807) is 0 Å². The van der Waals surface area contributed by atoms with Gasteiger partial charge in [-0.05, 0) is 42.5 Å². The zero-order chi connectivity index (χ0) is 25.1. The summed E-state index contributed by atoms with van der Waals surface area (Å²) in [6, 6.07) is 10.4. The summed E-state index contributed by atoms with van der Waals surface area (Å²) >= 11 is 0. The molecule has 0 aliphatic heterocycles. The quantitative estimate of drug-likeness (QED) is 0.499. The SMILES string of the molecule is O=C(NC[C@H](O)C(F)(F)F)c1cc(-c2ccc(OC(F)(F)F)cc2)nc(-c2cccc(F)c2)n1. The fourth-order valence-electron chi connectivity index (χ4n) is 2.69. The molecule has 1 aromatic heterocycles. The van der Waals surface area contributed by atoms with Gasteiger partial charge in [-0.3, -0.25) is 4.79 Å². The summed E-state index contributed by atoms with van der Waals surface area (Å²) in [6.45, 7) is -1.15. The molecule has 0 radical (unpaired) electrons. The number of benzene rings is 2. The molecule has 34 heavy (non-hydrogen) atoms. The molecule has 0 spiro atoms. The Morgan fingerprint density at radius 2 is 1.65 bits per heavy atom. The van der Waals surface area contributed by atoms with Crippen molar-refractivity contribution in [3.63, 3.8) is 0 Å². The fourth-order valence-corrected chi connectivity index (χ4v) is 2.69. The minimum atomic E-state index is -4.96. The molecule has 0 saturated heterocycles. The summed E-state index contributed by atoms with van der Waals surface area (Å²) < 4.78 is 92.1. The Kier molecular flexibility index (Phi) is 7.05. The van der Waals surface area contributed by atoms with Crippen molar-refractivity contribution < 1.29 is 45.4 Å². The van der Waals surface area contributed by atoms with Crippen molar-refractivity contribution in [1.82, 2.24) is 15.3 Å². The number of carbonyl (C=O) groups is 1. The van der Waals surface area contributed by atoms with Crippen molar-refractivity contribution in [3.8, 4) is 28.4 Å². The van der Waals surface area contributed by atoms with Gasteiger partial charge in [0, 0.05) is 11.1 Å². The summed E-state index contributed by atoms with van der Waals surface area (Å²) in [6.07, 6.45) is -12.7. The molecule has 180 valence electrons. The number of rotatable bonds is 6. The van der Waals surface area contributed by atoms with Gasteiger partial charge in [-0.2, -0.15) is 13.2 Å². The third-order valence-corrected chi connectivity index (χ3v) is 4.26. The molecular formula is C21H14F7N3O3. The minimum absolute atomic E-state index is 0.00865. The van der Waals surface area contributed by atoms with E-state index in [0.29, 0.717) is 0 Å². The lowest BCUT2D eigenvalue weighted by Gasteiger charge is -2.15. The van der Waals surface area contributed by atoms with Gasteiger partial charge in [0.1, 0.15) is 17.3 Å². The maximum atomic E-state index is 13.7. The van der Waals surface area contributed by atoms with Crippen molar-refractivity contribution in [2.24, 2.45) is 0 Å². The number of aliphatic hydroxyl groups excluding tert-OH is 1. The standard InChI is InChI=1S/C21H14F7N3O3/c22-13-3-1-2-12(8-13)18-30-15(11-4-6-14(7-5-11)34-21(26,27)28)9-16(31-18)19(33)29-10-17(32)20(23,24)25/h1-9,17,32H,10H2,(H,29,33)/t17-/m0/s1. The molecule has 13 heteroatoms. The third kappa shape index (κ3) is 6.63. The van der Waals surface area contributed by atoms with Gasteiger partial charge in [-0.25, -0.2) is 14.4 Å². The molecule has 3 rings (SSSR count). The van der Waals surface area contributed by atoms with Crippen molar-refractivity contribution >= 4 is 5.91 Å². The van der Waals surface area contributed by atoms with Crippen LogP contribution in [-0.4, -0.2) is 46.2 Å². The number of aromatic nitrogens is 2. The van der Waals surface area contributed by atoms with Crippen LogP contribution in [0.1, 0.15) is 10.5 Å². The maximum absolute atomic E-state index is 13.7. The van der Waals surface area contributed by atoms with Crippen LogP contribution < -0.4 is 10.1 Å². The Bertz CT molecular complexity index is 1170. The Morgan fingerprint density at radius 1 is 0.971 bits per heavy atom. The number of aliphatic hydroxyl groups is 1. The number of nitrogens with zero attached hydrogens (tertiary/aromatic N) is 2. The number of halogens is 7. The highest BCUT2D eigenvalue weighted by molar-refractivity contribution is 5.93. The van der Waals surface area contributed by atoms with Crippen molar-refractivity contribution in [1.29, 1.82) is 0 Å². The molecule has 2 N–H and O–H groups in total. The second-order valence-electron chi connectivity index (χ2n) is 6.81. The van der Waals surface area contributed by atoms with E-state index >= 15 is 0 Å². The number of nitrogens with one attached hydrogen (secondary N) is 1. The van der Waals surface area contributed by atoms with Crippen LogP contribution in [-0.2, 0) is 0 Å². The molecule has 1 amide bonds. The molecule has 2 aromatic carbocycles. The van der Waals surface area contributed by atoms with E-state index in [4.69, 9.17) is 5.11 Å². The van der Waals surface area contributed by atoms with E-state index in [9.17, 15) is 35.5 Å². The van der Waals surface area contributed by atoms with Crippen LogP contribution in [0.3, 0.4) is 0 Å². The van der Waals surface area contributed by atoms with Crippen LogP contribution in [0.4, 0.5) is 30.7 Å². The van der Waals surface area contributed by atoms with Gasteiger partial charge in [-0.15, -0.1) is 13.2 Å².